The number of benzene rings is 1. The second-order valence-electron chi connectivity index (χ2n) is 8.52. The number of carbonyl (C=O) groups is 2. The number of ether oxygens (including phenoxy) is 1. The van der Waals surface area contributed by atoms with Crippen LogP contribution in [0.25, 0.3) is 0 Å². The summed E-state index contributed by atoms with van der Waals surface area (Å²) < 4.78 is 5.61. The molecule has 4 rings (SSSR count). The van der Waals surface area contributed by atoms with Crippen molar-refractivity contribution in [3.05, 3.63) is 30.3 Å². The van der Waals surface area contributed by atoms with Gasteiger partial charge >= 0.3 is 0 Å². The van der Waals surface area contributed by atoms with Crippen LogP contribution < -0.4 is 4.74 Å². The molecule has 1 aromatic carbocycles. The summed E-state index contributed by atoms with van der Waals surface area (Å²) in [6, 6.07) is 9.49. The second-order valence-corrected chi connectivity index (χ2v) is 8.52. The molecule has 27 heavy (non-hydrogen) atoms. The van der Waals surface area contributed by atoms with Gasteiger partial charge in [0.1, 0.15) is 5.75 Å². The van der Waals surface area contributed by atoms with Crippen LogP contribution in [0, 0.1) is 11.3 Å². The topological polar surface area (TPSA) is 49.9 Å². The maximum absolute atomic E-state index is 12.5. The third-order valence-electron chi connectivity index (χ3n) is 6.59. The van der Waals surface area contributed by atoms with E-state index in [2.05, 4.69) is 4.90 Å². The first kappa shape index (κ1) is 18.3. The Labute approximate surface area is 161 Å². The number of rotatable bonds is 5. The minimum absolute atomic E-state index is 0.0637. The van der Waals surface area contributed by atoms with Gasteiger partial charge in [-0.1, -0.05) is 18.2 Å². The van der Waals surface area contributed by atoms with E-state index in [0.717, 1.165) is 63.5 Å². The molecular weight excluding hydrogens is 340 g/mol. The van der Waals surface area contributed by atoms with Crippen molar-refractivity contribution in [2.75, 3.05) is 32.8 Å². The number of hydrogen-bond acceptors (Lipinski definition) is 3. The van der Waals surface area contributed by atoms with E-state index in [-0.39, 0.29) is 17.9 Å². The van der Waals surface area contributed by atoms with Crippen LogP contribution in [0.4, 0.5) is 0 Å². The highest BCUT2D eigenvalue weighted by Crippen LogP contribution is 2.42. The Bertz CT molecular complexity index is 663. The summed E-state index contributed by atoms with van der Waals surface area (Å²) in [6.45, 7) is 3.54. The molecule has 0 atom stereocenters. The predicted octanol–water partition coefficient (Wildman–Crippen LogP) is 3.10. The fourth-order valence-electron chi connectivity index (χ4n) is 4.44. The van der Waals surface area contributed by atoms with E-state index in [9.17, 15) is 9.59 Å². The molecule has 0 unspecified atom stereocenters. The first-order chi connectivity index (χ1) is 13.1. The number of amides is 2. The van der Waals surface area contributed by atoms with Crippen molar-refractivity contribution in [2.45, 2.75) is 44.9 Å². The standard InChI is InChI=1S/C22H30N2O3/c25-20-8-9-22(12-15-24(20)16-18-6-7-18)10-13-23(14-11-22)21(26)17-27-19-4-2-1-3-5-19/h1-5,18H,6-17H2. The monoisotopic (exact) mass is 370 g/mol. The van der Waals surface area contributed by atoms with Crippen molar-refractivity contribution in [3.63, 3.8) is 0 Å². The number of piperidine rings is 1. The van der Waals surface area contributed by atoms with E-state index < -0.39 is 0 Å². The third kappa shape index (κ3) is 4.63. The molecule has 3 fully saturated rings. The Hall–Kier alpha value is -2.04. The summed E-state index contributed by atoms with van der Waals surface area (Å²) in [5.41, 5.74) is 0.241. The van der Waals surface area contributed by atoms with Gasteiger partial charge in [-0.3, -0.25) is 9.59 Å². The summed E-state index contributed by atoms with van der Waals surface area (Å²) in [7, 11) is 0. The van der Waals surface area contributed by atoms with Crippen molar-refractivity contribution < 1.29 is 14.3 Å². The molecule has 2 amide bonds. The van der Waals surface area contributed by atoms with E-state index >= 15 is 0 Å². The number of hydrogen-bond donors (Lipinski definition) is 0. The molecule has 0 aromatic heterocycles. The van der Waals surface area contributed by atoms with Gasteiger partial charge in [0.2, 0.25) is 5.91 Å². The van der Waals surface area contributed by atoms with E-state index in [1.54, 1.807) is 0 Å². The van der Waals surface area contributed by atoms with Gasteiger partial charge in [-0.25, -0.2) is 0 Å². The molecule has 0 bridgehead atoms. The van der Waals surface area contributed by atoms with Crippen LogP contribution in [-0.4, -0.2) is 54.4 Å². The Morgan fingerprint density at radius 1 is 1.04 bits per heavy atom. The van der Waals surface area contributed by atoms with Crippen LogP contribution in [0.15, 0.2) is 30.3 Å². The largest absolute Gasteiger partial charge is 0.484 e. The Balaban J connectivity index is 1.26. The smallest absolute Gasteiger partial charge is 0.260 e. The van der Waals surface area contributed by atoms with Crippen molar-refractivity contribution in [1.29, 1.82) is 0 Å². The van der Waals surface area contributed by atoms with Gasteiger partial charge in [-0.05, 0) is 62.0 Å². The molecule has 5 heteroatoms. The lowest BCUT2D eigenvalue weighted by Crippen LogP contribution is -2.45. The molecule has 1 aliphatic carbocycles. The lowest BCUT2D eigenvalue weighted by atomic mass is 9.73. The molecule has 1 saturated carbocycles. The van der Waals surface area contributed by atoms with E-state index in [1.807, 2.05) is 35.2 Å². The van der Waals surface area contributed by atoms with Gasteiger partial charge in [-0.15, -0.1) is 0 Å². The highest BCUT2D eigenvalue weighted by Gasteiger charge is 2.39. The molecule has 2 aliphatic heterocycles. The average molecular weight is 370 g/mol. The van der Waals surface area contributed by atoms with Crippen LogP contribution in [0.1, 0.15) is 44.9 Å². The number of nitrogens with zero attached hydrogens (tertiary/aromatic N) is 2. The molecular formula is C22H30N2O3. The first-order valence-corrected chi connectivity index (χ1v) is 10.4. The normalized spacial score (nSPS) is 22.6. The Kier molecular flexibility index (Phi) is 5.37. The molecule has 1 aromatic rings. The third-order valence-corrected chi connectivity index (χ3v) is 6.59. The summed E-state index contributed by atoms with van der Waals surface area (Å²) in [5.74, 6) is 1.90. The van der Waals surface area contributed by atoms with Gasteiger partial charge in [0.05, 0.1) is 0 Å². The molecule has 2 saturated heterocycles. The number of para-hydroxylation sites is 1. The predicted molar refractivity (Wildman–Crippen MR) is 103 cm³/mol. The highest BCUT2D eigenvalue weighted by atomic mass is 16.5. The van der Waals surface area contributed by atoms with Crippen molar-refractivity contribution >= 4 is 11.8 Å². The SMILES string of the molecule is O=C(COc1ccccc1)N1CCC2(CCC(=O)N(CC3CC3)CC2)CC1. The average Bonchev–Trinajstić information content (AvgIpc) is 3.54. The zero-order valence-electron chi connectivity index (χ0n) is 16.1. The molecule has 1 spiro atoms. The maximum Gasteiger partial charge on any atom is 0.260 e. The minimum Gasteiger partial charge on any atom is -0.484 e. The van der Waals surface area contributed by atoms with Gasteiger partial charge < -0.3 is 14.5 Å². The van der Waals surface area contributed by atoms with Gasteiger partial charge in [-0.2, -0.15) is 0 Å². The van der Waals surface area contributed by atoms with Crippen molar-refractivity contribution in [3.8, 4) is 5.75 Å². The fraction of sp³-hybridized carbons (Fsp3) is 0.636. The summed E-state index contributed by atoms with van der Waals surface area (Å²) in [6.07, 6.45) is 7.35. The van der Waals surface area contributed by atoms with Gasteiger partial charge in [0, 0.05) is 32.6 Å². The maximum atomic E-state index is 12.5. The van der Waals surface area contributed by atoms with Gasteiger partial charge in [0.25, 0.3) is 5.91 Å². The van der Waals surface area contributed by atoms with Crippen LogP contribution in [0.3, 0.4) is 0 Å². The molecule has 146 valence electrons. The zero-order valence-corrected chi connectivity index (χ0v) is 16.1. The number of likely N-dealkylation sites (tertiary alicyclic amines) is 2. The van der Waals surface area contributed by atoms with Crippen LogP contribution in [0.2, 0.25) is 0 Å². The van der Waals surface area contributed by atoms with Crippen LogP contribution in [0.5, 0.6) is 5.75 Å². The molecule has 5 nitrogen and oxygen atoms in total. The molecule has 0 N–H and O–H groups in total. The number of carbonyl (C=O) groups excluding carboxylic acids is 2. The first-order valence-electron chi connectivity index (χ1n) is 10.4. The highest BCUT2D eigenvalue weighted by molar-refractivity contribution is 5.78. The van der Waals surface area contributed by atoms with E-state index in [4.69, 9.17) is 4.74 Å². The quantitative estimate of drug-likeness (QED) is 0.800. The Morgan fingerprint density at radius 3 is 2.44 bits per heavy atom. The van der Waals surface area contributed by atoms with Crippen molar-refractivity contribution in [2.24, 2.45) is 11.3 Å². The lowest BCUT2D eigenvalue weighted by molar-refractivity contribution is -0.136. The minimum atomic E-state index is 0.0637. The fourth-order valence-corrected chi connectivity index (χ4v) is 4.44. The van der Waals surface area contributed by atoms with E-state index in [1.165, 1.54) is 12.8 Å². The second kappa shape index (κ2) is 7.91. The summed E-state index contributed by atoms with van der Waals surface area (Å²) in [4.78, 5) is 29.0. The lowest BCUT2D eigenvalue weighted by Gasteiger charge is -2.41. The van der Waals surface area contributed by atoms with Crippen LogP contribution >= 0.6 is 0 Å². The summed E-state index contributed by atoms with van der Waals surface area (Å²) >= 11 is 0. The summed E-state index contributed by atoms with van der Waals surface area (Å²) in [5, 5.41) is 0. The molecule has 0 radical (unpaired) electrons. The van der Waals surface area contributed by atoms with Gasteiger partial charge in [0.15, 0.2) is 6.61 Å². The van der Waals surface area contributed by atoms with Crippen molar-refractivity contribution in [1.82, 2.24) is 9.80 Å². The molecule has 3 aliphatic rings. The Morgan fingerprint density at radius 2 is 1.74 bits per heavy atom. The molecule has 2 heterocycles. The van der Waals surface area contributed by atoms with Crippen LogP contribution in [-0.2, 0) is 9.59 Å². The van der Waals surface area contributed by atoms with E-state index in [0.29, 0.717) is 12.3 Å². The zero-order chi connectivity index (χ0) is 18.7.